The van der Waals surface area contributed by atoms with Gasteiger partial charge in [0.05, 0.1) is 10.9 Å². The number of primary sulfonamides is 1. The SMILES string of the molecule is CC(c1cccc(S(N)(=O)=O)c1)N(C)C(=O)C1CC1c1ccccc1Br. The van der Waals surface area contributed by atoms with Crippen LogP contribution in [-0.4, -0.2) is 26.3 Å². The van der Waals surface area contributed by atoms with Crippen molar-refractivity contribution in [1.82, 2.24) is 4.90 Å². The minimum Gasteiger partial charge on any atom is -0.339 e. The van der Waals surface area contributed by atoms with E-state index >= 15 is 0 Å². The van der Waals surface area contributed by atoms with Crippen LogP contribution in [0.2, 0.25) is 0 Å². The summed E-state index contributed by atoms with van der Waals surface area (Å²) in [6, 6.07) is 14.2. The Morgan fingerprint density at radius 1 is 1.23 bits per heavy atom. The zero-order valence-electron chi connectivity index (χ0n) is 14.6. The number of halogens is 1. The second-order valence-electron chi connectivity index (χ2n) is 6.71. The standard InChI is InChI=1S/C19H21BrN2O3S/c1-12(13-6-5-7-14(10-13)26(21,24)25)22(2)19(23)17-11-16(17)15-8-3-4-9-18(15)20/h3-10,12,16-17H,11H2,1-2H3,(H2,21,24,25). The maximum atomic E-state index is 12.9. The van der Waals surface area contributed by atoms with Gasteiger partial charge in [-0.05, 0) is 48.6 Å². The van der Waals surface area contributed by atoms with Crippen molar-refractivity contribution < 1.29 is 13.2 Å². The van der Waals surface area contributed by atoms with Gasteiger partial charge in [0.1, 0.15) is 0 Å². The predicted molar refractivity (Wildman–Crippen MR) is 104 cm³/mol. The van der Waals surface area contributed by atoms with Gasteiger partial charge in [0.15, 0.2) is 0 Å². The summed E-state index contributed by atoms with van der Waals surface area (Å²) in [6.07, 6.45) is 0.829. The minimum atomic E-state index is -3.77. The molecule has 0 bridgehead atoms. The normalized spacial score (nSPS) is 20.5. The highest BCUT2D eigenvalue weighted by Gasteiger charge is 2.46. The molecule has 0 spiro atoms. The zero-order valence-corrected chi connectivity index (χ0v) is 17.0. The average Bonchev–Trinajstić information content (AvgIpc) is 3.40. The molecule has 2 aromatic carbocycles. The number of carbonyl (C=O) groups is 1. The summed E-state index contributed by atoms with van der Waals surface area (Å²) in [6.45, 7) is 1.88. The highest BCUT2D eigenvalue weighted by atomic mass is 79.9. The number of amides is 1. The lowest BCUT2D eigenvalue weighted by molar-refractivity contribution is -0.133. The second-order valence-corrected chi connectivity index (χ2v) is 9.13. The molecule has 1 fully saturated rings. The van der Waals surface area contributed by atoms with Gasteiger partial charge in [-0.1, -0.05) is 46.3 Å². The topological polar surface area (TPSA) is 80.5 Å². The quantitative estimate of drug-likeness (QED) is 0.779. The molecular formula is C19H21BrN2O3S. The fraction of sp³-hybridized carbons (Fsp3) is 0.316. The van der Waals surface area contributed by atoms with E-state index in [0.717, 1.165) is 22.0 Å². The largest absolute Gasteiger partial charge is 0.339 e. The third kappa shape index (κ3) is 3.84. The number of hydrogen-bond acceptors (Lipinski definition) is 3. The van der Waals surface area contributed by atoms with Crippen molar-refractivity contribution >= 4 is 31.9 Å². The third-order valence-corrected chi connectivity index (χ3v) is 6.64. The van der Waals surface area contributed by atoms with Gasteiger partial charge < -0.3 is 4.90 Å². The molecular weight excluding hydrogens is 416 g/mol. The summed E-state index contributed by atoms with van der Waals surface area (Å²) in [4.78, 5) is 14.6. The van der Waals surface area contributed by atoms with Gasteiger partial charge in [-0.15, -0.1) is 0 Å². The van der Waals surface area contributed by atoms with E-state index in [1.165, 1.54) is 12.1 Å². The number of carbonyl (C=O) groups excluding carboxylic acids is 1. The molecule has 1 aliphatic carbocycles. The Balaban J connectivity index is 1.75. The van der Waals surface area contributed by atoms with Gasteiger partial charge in [0, 0.05) is 17.4 Å². The van der Waals surface area contributed by atoms with Crippen molar-refractivity contribution in [2.75, 3.05) is 7.05 Å². The Hall–Kier alpha value is -1.70. The van der Waals surface area contributed by atoms with Crippen LogP contribution in [0.4, 0.5) is 0 Å². The Morgan fingerprint density at radius 2 is 1.92 bits per heavy atom. The molecule has 3 atom stereocenters. The molecule has 3 unspecified atom stereocenters. The first-order valence-electron chi connectivity index (χ1n) is 8.34. The van der Waals surface area contributed by atoms with Crippen molar-refractivity contribution in [3.05, 3.63) is 64.1 Å². The van der Waals surface area contributed by atoms with E-state index in [1.807, 2.05) is 31.2 Å². The lowest BCUT2D eigenvalue weighted by atomic mass is 10.1. The molecule has 0 heterocycles. The fourth-order valence-electron chi connectivity index (χ4n) is 3.21. The van der Waals surface area contributed by atoms with Gasteiger partial charge >= 0.3 is 0 Å². The molecule has 0 aromatic heterocycles. The summed E-state index contributed by atoms with van der Waals surface area (Å²) in [5, 5.41) is 5.20. The van der Waals surface area contributed by atoms with Crippen LogP contribution in [0.1, 0.15) is 36.4 Å². The van der Waals surface area contributed by atoms with E-state index in [4.69, 9.17) is 5.14 Å². The first-order chi connectivity index (χ1) is 12.2. The van der Waals surface area contributed by atoms with Crippen molar-refractivity contribution in [3.63, 3.8) is 0 Å². The van der Waals surface area contributed by atoms with Crippen molar-refractivity contribution in [1.29, 1.82) is 0 Å². The van der Waals surface area contributed by atoms with E-state index in [1.54, 1.807) is 24.1 Å². The Morgan fingerprint density at radius 3 is 2.58 bits per heavy atom. The van der Waals surface area contributed by atoms with Crippen LogP contribution in [0.3, 0.4) is 0 Å². The summed E-state index contributed by atoms with van der Waals surface area (Å²) in [7, 11) is -2.01. The second kappa shape index (κ2) is 7.13. The van der Waals surface area contributed by atoms with Gasteiger partial charge in [0.2, 0.25) is 15.9 Å². The molecule has 2 aromatic rings. The minimum absolute atomic E-state index is 0.0393. The molecule has 26 heavy (non-hydrogen) atoms. The molecule has 2 N–H and O–H groups in total. The number of hydrogen-bond donors (Lipinski definition) is 1. The van der Waals surface area contributed by atoms with Crippen molar-refractivity contribution in [3.8, 4) is 0 Å². The zero-order chi connectivity index (χ0) is 19.1. The smallest absolute Gasteiger partial charge is 0.238 e. The molecule has 1 saturated carbocycles. The average molecular weight is 437 g/mol. The molecule has 1 aliphatic rings. The van der Waals surface area contributed by atoms with Crippen molar-refractivity contribution in [2.45, 2.75) is 30.2 Å². The number of rotatable bonds is 5. The lowest BCUT2D eigenvalue weighted by Gasteiger charge is -2.26. The lowest BCUT2D eigenvalue weighted by Crippen LogP contribution is -2.31. The molecule has 0 saturated heterocycles. The van der Waals surface area contributed by atoms with E-state index in [-0.39, 0.29) is 28.7 Å². The van der Waals surface area contributed by atoms with Crippen LogP contribution in [-0.2, 0) is 14.8 Å². The van der Waals surface area contributed by atoms with E-state index < -0.39 is 10.0 Å². The number of sulfonamides is 1. The molecule has 1 amide bonds. The Labute approximate surface area is 162 Å². The maximum absolute atomic E-state index is 12.9. The molecule has 0 aliphatic heterocycles. The van der Waals surface area contributed by atoms with E-state index in [0.29, 0.717) is 0 Å². The van der Waals surface area contributed by atoms with Crippen LogP contribution >= 0.6 is 15.9 Å². The number of nitrogens with two attached hydrogens (primary N) is 1. The first-order valence-corrected chi connectivity index (χ1v) is 10.7. The fourth-order valence-corrected chi connectivity index (χ4v) is 4.36. The van der Waals surface area contributed by atoms with E-state index in [9.17, 15) is 13.2 Å². The summed E-state index contributed by atoms with van der Waals surface area (Å²) in [5.41, 5.74) is 1.90. The highest BCUT2D eigenvalue weighted by molar-refractivity contribution is 9.10. The maximum Gasteiger partial charge on any atom is 0.238 e. The van der Waals surface area contributed by atoms with Crippen LogP contribution in [0.25, 0.3) is 0 Å². The van der Waals surface area contributed by atoms with Gasteiger partial charge in [0.25, 0.3) is 0 Å². The molecule has 3 rings (SSSR count). The molecule has 0 radical (unpaired) electrons. The highest BCUT2D eigenvalue weighted by Crippen LogP contribution is 2.50. The summed E-state index contributed by atoms with van der Waals surface area (Å²) in [5.74, 6) is 0.255. The first kappa shape index (κ1) is 19.1. The number of nitrogens with zero attached hydrogens (tertiary/aromatic N) is 1. The Kier molecular flexibility index (Phi) is 5.23. The predicted octanol–water partition coefficient (Wildman–Crippen LogP) is 3.42. The van der Waals surface area contributed by atoms with Gasteiger partial charge in [-0.2, -0.15) is 0 Å². The van der Waals surface area contributed by atoms with Crippen LogP contribution in [0.15, 0.2) is 57.9 Å². The molecule has 138 valence electrons. The molecule has 5 nitrogen and oxygen atoms in total. The van der Waals surface area contributed by atoms with Crippen LogP contribution in [0, 0.1) is 5.92 Å². The molecule has 7 heteroatoms. The van der Waals surface area contributed by atoms with Crippen molar-refractivity contribution in [2.24, 2.45) is 11.1 Å². The third-order valence-electron chi connectivity index (χ3n) is 5.01. The van der Waals surface area contributed by atoms with Gasteiger partial charge in [-0.25, -0.2) is 13.6 Å². The monoisotopic (exact) mass is 436 g/mol. The van der Waals surface area contributed by atoms with Gasteiger partial charge in [-0.3, -0.25) is 4.79 Å². The van der Waals surface area contributed by atoms with Crippen LogP contribution < -0.4 is 5.14 Å². The number of benzene rings is 2. The summed E-state index contributed by atoms with van der Waals surface area (Å²) >= 11 is 3.55. The van der Waals surface area contributed by atoms with Crippen LogP contribution in [0.5, 0.6) is 0 Å². The van der Waals surface area contributed by atoms with E-state index in [2.05, 4.69) is 15.9 Å². The summed E-state index contributed by atoms with van der Waals surface area (Å²) < 4.78 is 24.1. The Bertz CT molecular complexity index is 945.